The third-order valence-electron chi connectivity index (χ3n) is 3.00. The molecule has 1 aromatic carbocycles. The Balaban J connectivity index is 2.74. The Morgan fingerprint density at radius 1 is 1.32 bits per heavy atom. The maximum absolute atomic E-state index is 13.9. The standard InChI is InChI=1S/C14H21BrFNO2/c1-11(10-19-3)17(6-7-18-2)9-12-4-5-13(15)8-14(12)16/h4-5,8,11H,6-7,9-10H2,1-3H3. The molecule has 0 aliphatic rings. The minimum Gasteiger partial charge on any atom is -0.383 e. The van der Waals surface area contributed by atoms with Crippen LogP contribution in [-0.4, -0.2) is 44.9 Å². The van der Waals surface area contributed by atoms with Gasteiger partial charge in [-0.15, -0.1) is 0 Å². The summed E-state index contributed by atoms with van der Waals surface area (Å²) in [5, 5.41) is 0. The van der Waals surface area contributed by atoms with Crippen LogP contribution in [0.2, 0.25) is 0 Å². The SMILES string of the molecule is COCCN(Cc1ccc(Br)cc1F)C(C)COC. The van der Waals surface area contributed by atoms with Crippen molar-refractivity contribution >= 4 is 15.9 Å². The maximum atomic E-state index is 13.9. The fraction of sp³-hybridized carbons (Fsp3) is 0.571. The van der Waals surface area contributed by atoms with Gasteiger partial charge in [-0.1, -0.05) is 22.0 Å². The third-order valence-corrected chi connectivity index (χ3v) is 3.50. The second-order valence-corrected chi connectivity index (χ2v) is 5.42. The molecule has 0 amide bonds. The molecule has 1 unspecified atom stereocenters. The Kier molecular flexibility index (Phi) is 7.53. The highest BCUT2D eigenvalue weighted by Crippen LogP contribution is 2.17. The van der Waals surface area contributed by atoms with Crippen LogP contribution in [0.5, 0.6) is 0 Å². The van der Waals surface area contributed by atoms with E-state index in [0.717, 1.165) is 11.0 Å². The van der Waals surface area contributed by atoms with Crippen molar-refractivity contribution < 1.29 is 13.9 Å². The molecule has 19 heavy (non-hydrogen) atoms. The predicted molar refractivity (Wildman–Crippen MR) is 77.7 cm³/mol. The lowest BCUT2D eigenvalue weighted by molar-refractivity contribution is 0.0698. The molecular formula is C14H21BrFNO2. The Hall–Kier alpha value is -0.490. The van der Waals surface area contributed by atoms with Crippen molar-refractivity contribution in [1.82, 2.24) is 4.90 Å². The summed E-state index contributed by atoms with van der Waals surface area (Å²) >= 11 is 3.26. The van der Waals surface area contributed by atoms with E-state index in [2.05, 4.69) is 27.8 Å². The number of methoxy groups -OCH3 is 2. The van der Waals surface area contributed by atoms with Crippen molar-refractivity contribution in [2.45, 2.75) is 19.5 Å². The fourth-order valence-electron chi connectivity index (χ4n) is 1.88. The van der Waals surface area contributed by atoms with Gasteiger partial charge in [0.15, 0.2) is 0 Å². The highest BCUT2D eigenvalue weighted by Gasteiger charge is 2.16. The van der Waals surface area contributed by atoms with Gasteiger partial charge >= 0.3 is 0 Å². The van der Waals surface area contributed by atoms with E-state index in [-0.39, 0.29) is 11.9 Å². The summed E-state index contributed by atoms with van der Waals surface area (Å²) in [6, 6.07) is 5.36. The summed E-state index contributed by atoms with van der Waals surface area (Å²) < 4.78 is 24.9. The van der Waals surface area contributed by atoms with Crippen molar-refractivity contribution in [3.8, 4) is 0 Å². The first kappa shape index (κ1) is 16.6. The lowest BCUT2D eigenvalue weighted by Crippen LogP contribution is -2.38. The average Bonchev–Trinajstić information content (AvgIpc) is 2.37. The summed E-state index contributed by atoms with van der Waals surface area (Å²) in [6.07, 6.45) is 0. The van der Waals surface area contributed by atoms with Crippen LogP contribution in [0.15, 0.2) is 22.7 Å². The Morgan fingerprint density at radius 3 is 2.63 bits per heavy atom. The first-order valence-electron chi connectivity index (χ1n) is 6.24. The summed E-state index contributed by atoms with van der Waals surface area (Å²) in [6.45, 7) is 4.59. The predicted octanol–water partition coefficient (Wildman–Crippen LogP) is 3.07. The van der Waals surface area contributed by atoms with Crippen molar-refractivity contribution in [2.24, 2.45) is 0 Å². The van der Waals surface area contributed by atoms with Crippen molar-refractivity contribution in [3.63, 3.8) is 0 Å². The molecule has 1 rings (SSSR count). The van der Waals surface area contributed by atoms with Gasteiger partial charge in [-0.25, -0.2) is 4.39 Å². The van der Waals surface area contributed by atoms with Crippen molar-refractivity contribution in [3.05, 3.63) is 34.1 Å². The minimum atomic E-state index is -0.193. The van der Waals surface area contributed by atoms with Crippen LogP contribution >= 0.6 is 15.9 Å². The Labute approximate surface area is 122 Å². The van der Waals surface area contributed by atoms with Crippen LogP contribution in [0.1, 0.15) is 12.5 Å². The third kappa shape index (κ3) is 5.57. The van der Waals surface area contributed by atoms with Gasteiger partial charge in [0, 0.05) is 43.4 Å². The summed E-state index contributed by atoms with van der Waals surface area (Å²) in [7, 11) is 3.34. The molecule has 3 nitrogen and oxygen atoms in total. The number of halogens is 2. The van der Waals surface area contributed by atoms with Gasteiger partial charge in [-0.3, -0.25) is 4.90 Å². The first-order chi connectivity index (χ1) is 9.08. The van der Waals surface area contributed by atoms with Crippen molar-refractivity contribution in [2.75, 3.05) is 34.0 Å². The number of nitrogens with zero attached hydrogens (tertiary/aromatic N) is 1. The van der Waals surface area contributed by atoms with E-state index in [1.165, 1.54) is 6.07 Å². The molecule has 0 spiro atoms. The molecule has 0 aliphatic heterocycles. The molecule has 1 aromatic rings. The number of benzene rings is 1. The molecule has 0 N–H and O–H groups in total. The van der Waals surface area contributed by atoms with E-state index >= 15 is 0 Å². The average molecular weight is 334 g/mol. The molecular weight excluding hydrogens is 313 g/mol. The Morgan fingerprint density at radius 2 is 2.05 bits per heavy atom. The summed E-state index contributed by atoms with van der Waals surface area (Å²) in [5.41, 5.74) is 0.683. The monoisotopic (exact) mass is 333 g/mol. The lowest BCUT2D eigenvalue weighted by Gasteiger charge is -2.28. The van der Waals surface area contributed by atoms with Crippen LogP contribution in [0.3, 0.4) is 0 Å². The van der Waals surface area contributed by atoms with Gasteiger partial charge < -0.3 is 9.47 Å². The normalized spacial score (nSPS) is 12.9. The molecule has 108 valence electrons. The van der Waals surface area contributed by atoms with E-state index in [9.17, 15) is 4.39 Å². The molecule has 0 aliphatic carbocycles. The van der Waals surface area contributed by atoms with E-state index in [1.807, 2.05) is 6.07 Å². The number of ether oxygens (including phenoxy) is 2. The molecule has 0 aromatic heterocycles. The molecule has 0 fully saturated rings. The van der Waals surface area contributed by atoms with Crippen molar-refractivity contribution in [1.29, 1.82) is 0 Å². The van der Waals surface area contributed by atoms with E-state index in [4.69, 9.17) is 9.47 Å². The van der Waals surface area contributed by atoms with Crippen LogP contribution in [0, 0.1) is 5.82 Å². The molecule has 0 heterocycles. The molecule has 0 saturated heterocycles. The molecule has 5 heteroatoms. The van der Waals surface area contributed by atoms with E-state index in [1.54, 1.807) is 20.3 Å². The number of rotatable bonds is 8. The first-order valence-corrected chi connectivity index (χ1v) is 7.03. The van der Waals surface area contributed by atoms with Gasteiger partial charge in [-0.2, -0.15) is 0 Å². The largest absolute Gasteiger partial charge is 0.383 e. The van der Waals surface area contributed by atoms with Crippen LogP contribution in [0.25, 0.3) is 0 Å². The minimum absolute atomic E-state index is 0.193. The summed E-state index contributed by atoms with van der Waals surface area (Å²) in [4.78, 5) is 2.15. The zero-order chi connectivity index (χ0) is 14.3. The molecule has 1 atom stereocenters. The topological polar surface area (TPSA) is 21.7 Å². The van der Waals surface area contributed by atoms with Gasteiger partial charge in [0.05, 0.1) is 13.2 Å². The van der Waals surface area contributed by atoms with E-state index < -0.39 is 0 Å². The highest BCUT2D eigenvalue weighted by molar-refractivity contribution is 9.10. The second-order valence-electron chi connectivity index (χ2n) is 4.50. The highest BCUT2D eigenvalue weighted by atomic mass is 79.9. The molecule has 0 radical (unpaired) electrons. The van der Waals surface area contributed by atoms with Crippen LogP contribution < -0.4 is 0 Å². The van der Waals surface area contributed by atoms with Gasteiger partial charge in [0.1, 0.15) is 5.82 Å². The molecule has 0 saturated carbocycles. The lowest BCUT2D eigenvalue weighted by atomic mass is 10.1. The number of hydrogen-bond donors (Lipinski definition) is 0. The van der Waals surface area contributed by atoms with Gasteiger partial charge in [0.25, 0.3) is 0 Å². The van der Waals surface area contributed by atoms with Crippen LogP contribution in [-0.2, 0) is 16.0 Å². The smallest absolute Gasteiger partial charge is 0.128 e. The molecule has 0 bridgehead atoms. The maximum Gasteiger partial charge on any atom is 0.128 e. The van der Waals surface area contributed by atoms with Crippen LogP contribution in [0.4, 0.5) is 4.39 Å². The van der Waals surface area contributed by atoms with Gasteiger partial charge in [0.2, 0.25) is 0 Å². The zero-order valence-corrected chi connectivity index (χ0v) is 13.2. The quantitative estimate of drug-likeness (QED) is 0.729. The fourth-order valence-corrected chi connectivity index (χ4v) is 2.21. The second kappa shape index (κ2) is 8.64. The Bertz CT molecular complexity index is 390. The van der Waals surface area contributed by atoms with Gasteiger partial charge in [-0.05, 0) is 19.1 Å². The number of hydrogen-bond acceptors (Lipinski definition) is 3. The van der Waals surface area contributed by atoms with E-state index in [0.29, 0.717) is 25.3 Å². The zero-order valence-electron chi connectivity index (χ0n) is 11.7. The summed E-state index contributed by atoms with van der Waals surface area (Å²) in [5.74, 6) is -0.193.